The standard InChI is InChI=1S/C10H12N6O2/c1-18-5-4-12-10(17)8-2-3-9(15-14-8)16-7-11-6-13-16/h2-3,6-7H,4-5H2,1H3,(H,12,17). The molecule has 0 atom stereocenters. The number of methoxy groups -OCH3 is 1. The number of amides is 1. The minimum Gasteiger partial charge on any atom is -0.383 e. The van der Waals surface area contributed by atoms with E-state index < -0.39 is 0 Å². The highest BCUT2D eigenvalue weighted by molar-refractivity contribution is 5.92. The summed E-state index contributed by atoms with van der Waals surface area (Å²) in [7, 11) is 1.57. The molecule has 1 amide bonds. The third kappa shape index (κ3) is 2.86. The predicted molar refractivity (Wildman–Crippen MR) is 61.2 cm³/mol. The molecule has 94 valence electrons. The molecule has 0 aromatic carbocycles. The molecule has 0 aliphatic carbocycles. The molecule has 2 rings (SSSR count). The number of carbonyl (C=O) groups excluding carboxylic acids is 1. The summed E-state index contributed by atoms with van der Waals surface area (Å²) in [6, 6.07) is 3.22. The van der Waals surface area contributed by atoms with Crippen LogP contribution in [0.2, 0.25) is 0 Å². The average Bonchev–Trinajstić information content (AvgIpc) is 2.93. The Balaban J connectivity index is 2.01. The van der Waals surface area contributed by atoms with Crippen LogP contribution in [0.4, 0.5) is 0 Å². The van der Waals surface area contributed by atoms with Gasteiger partial charge in [0.2, 0.25) is 0 Å². The van der Waals surface area contributed by atoms with Crippen molar-refractivity contribution in [3.8, 4) is 5.82 Å². The Morgan fingerprint density at radius 3 is 2.94 bits per heavy atom. The maximum absolute atomic E-state index is 11.6. The lowest BCUT2D eigenvalue weighted by Gasteiger charge is -2.03. The number of hydrogen-bond acceptors (Lipinski definition) is 6. The van der Waals surface area contributed by atoms with E-state index in [-0.39, 0.29) is 11.6 Å². The van der Waals surface area contributed by atoms with Crippen LogP contribution in [0.3, 0.4) is 0 Å². The second kappa shape index (κ2) is 5.82. The third-order valence-electron chi connectivity index (χ3n) is 2.13. The maximum atomic E-state index is 11.6. The van der Waals surface area contributed by atoms with E-state index in [1.807, 2.05) is 0 Å². The first kappa shape index (κ1) is 12.1. The number of ether oxygens (including phenoxy) is 1. The zero-order valence-electron chi connectivity index (χ0n) is 9.78. The first-order valence-corrected chi connectivity index (χ1v) is 5.27. The summed E-state index contributed by atoms with van der Waals surface area (Å²) in [6.07, 6.45) is 2.90. The molecule has 2 aromatic rings. The van der Waals surface area contributed by atoms with Gasteiger partial charge in [-0.25, -0.2) is 9.67 Å². The Bertz CT molecular complexity index is 496. The Kier molecular flexibility index (Phi) is 3.92. The quantitative estimate of drug-likeness (QED) is 0.712. The molecule has 0 saturated heterocycles. The molecule has 0 saturated carbocycles. The van der Waals surface area contributed by atoms with E-state index in [0.717, 1.165) is 0 Å². The van der Waals surface area contributed by atoms with Gasteiger partial charge in [-0.2, -0.15) is 5.10 Å². The van der Waals surface area contributed by atoms with Crippen molar-refractivity contribution in [2.45, 2.75) is 0 Å². The lowest BCUT2D eigenvalue weighted by Crippen LogP contribution is -2.28. The molecule has 1 N–H and O–H groups in total. The topological polar surface area (TPSA) is 94.8 Å². The van der Waals surface area contributed by atoms with Crippen LogP contribution in [-0.4, -0.2) is 51.1 Å². The number of aromatic nitrogens is 5. The van der Waals surface area contributed by atoms with Gasteiger partial charge in [0.1, 0.15) is 12.7 Å². The van der Waals surface area contributed by atoms with Crippen molar-refractivity contribution in [2.75, 3.05) is 20.3 Å². The van der Waals surface area contributed by atoms with E-state index in [1.165, 1.54) is 17.3 Å². The smallest absolute Gasteiger partial charge is 0.271 e. The molecular formula is C10H12N6O2. The van der Waals surface area contributed by atoms with Crippen molar-refractivity contribution in [1.82, 2.24) is 30.3 Å². The summed E-state index contributed by atoms with van der Waals surface area (Å²) in [6.45, 7) is 0.887. The van der Waals surface area contributed by atoms with Crippen molar-refractivity contribution in [3.63, 3.8) is 0 Å². The van der Waals surface area contributed by atoms with Gasteiger partial charge >= 0.3 is 0 Å². The second-order valence-corrected chi connectivity index (χ2v) is 3.37. The van der Waals surface area contributed by atoms with Gasteiger partial charge in [0.05, 0.1) is 6.61 Å². The fourth-order valence-corrected chi connectivity index (χ4v) is 1.25. The summed E-state index contributed by atoms with van der Waals surface area (Å²) in [5.41, 5.74) is 0.245. The van der Waals surface area contributed by atoms with Crippen LogP contribution in [0.5, 0.6) is 0 Å². The van der Waals surface area contributed by atoms with Crippen LogP contribution >= 0.6 is 0 Å². The molecule has 8 heteroatoms. The monoisotopic (exact) mass is 248 g/mol. The highest BCUT2D eigenvalue weighted by Gasteiger charge is 2.08. The lowest BCUT2D eigenvalue weighted by molar-refractivity contribution is 0.0931. The van der Waals surface area contributed by atoms with Crippen LogP contribution in [0.25, 0.3) is 5.82 Å². The van der Waals surface area contributed by atoms with Gasteiger partial charge in [-0.15, -0.1) is 10.2 Å². The molecular weight excluding hydrogens is 236 g/mol. The minimum absolute atomic E-state index is 0.245. The largest absolute Gasteiger partial charge is 0.383 e. The summed E-state index contributed by atoms with van der Waals surface area (Å²) < 4.78 is 6.28. The first-order valence-electron chi connectivity index (χ1n) is 5.27. The van der Waals surface area contributed by atoms with Gasteiger partial charge < -0.3 is 10.1 Å². The van der Waals surface area contributed by atoms with Crippen molar-refractivity contribution in [1.29, 1.82) is 0 Å². The van der Waals surface area contributed by atoms with Gasteiger partial charge in [0.15, 0.2) is 11.5 Å². The molecule has 0 spiro atoms. The van der Waals surface area contributed by atoms with Gasteiger partial charge in [0, 0.05) is 13.7 Å². The minimum atomic E-state index is -0.287. The van der Waals surface area contributed by atoms with E-state index in [9.17, 15) is 4.79 Å². The highest BCUT2D eigenvalue weighted by Crippen LogP contribution is 2.00. The number of carbonyl (C=O) groups is 1. The summed E-state index contributed by atoms with van der Waals surface area (Å²) in [5.74, 6) is 0.214. The van der Waals surface area contributed by atoms with Crippen molar-refractivity contribution in [3.05, 3.63) is 30.5 Å². The van der Waals surface area contributed by atoms with Crippen LogP contribution in [0.15, 0.2) is 24.8 Å². The fourth-order valence-electron chi connectivity index (χ4n) is 1.25. The van der Waals surface area contributed by atoms with Crippen LogP contribution in [-0.2, 0) is 4.74 Å². The van der Waals surface area contributed by atoms with Crippen LogP contribution in [0, 0.1) is 0 Å². The summed E-state index contributed by atoms with van der Waals surface area (Å²) in [4.78, 5) is 15.4. The molecule has 0 bridgehead atoms. The average molecular weight is 248 g/mol. The van der Waals surface area contributed by atoms with Crippen molar-refractivity contribution in [2.24, 2.45) is 0 Å². The lowest BCUT2D eigenvalue weighted by atomic mass is 10.3. The summed E-state index contributed by atoms with van der Waals surface area (Å²) >= 11 is 0. The van der Waals surface area contributed by atoms with E-state index in [2.05, 4.69) is 25.6 Å². The molecule has 2 aromatic heterocycles. The van der Waals surface area contributed by atoms with E-state index in [1.54, 1.807) is 19.2 Å². The van der Waals surface area contributed by atoms with E-state index in [0.29, 0.717) is 19.0 Å². The maximum Gasteiger partial charge on any atom is 0.271 e. The first-order chi connectivity index (χ1) is 8.81. The SMILES string of the molecule is COCCNC(=O)c1ccc(-n2cncn2)nn1. The predicted octanol–water partition coefficient (Wildman–Crippen LogP) is -0.567. The molecule has 2 heterocycles. The third-order valence-corrected chi connectivity index (χ3v) is 2.13. The van der Waals surface area contributed by atoms with Gasteiger partial charge in [-0.3, -0.25) is 4.79 Å². The molecule has 0 aliphatic heterocycles. The normalized spacial score (nSPS) is 10.3. The Morgan fingerprint density at radius 1 is 1.44 bits per heavy atom. The van der Waals surface area contributed by atoms with Crippen LogP contribution < -0.4 is 5.32 Å². The second-order valence-electron chi connectivity index (χ2n) is 3.37. The molecule has 0 radical (unpaired) electrons. The van der Waals surface area contributed by atoms with Gasteiger partial charge in [0.25, 0.3) is 5.91 Å². The van der Waals surface area contributed by atoms with Crippen molar-refractivity contribution >= 4 is 5.91 Å². The van der Waals surface area contributed by atoms with E-state index >= 15 is 0 Å². The molecule has 0 aliphatic rings. The molecule has 8 nitrogen and oxygen atoms in total. The van der Waals surface area contributed by atoms with Gasteiger partial charge in [-0.1, -0.05) is 0 Å². The number of rotatable bonds is 5. The van der Waals surface area contributed by atoms with Gasteiger partial charge in [-0.05, 0) is 12.1 Å². The number of nitrogens with one attached hydrogen (secondary N) is 1. The zero-order valence-corrected chi connectivity index (χ0v) is 9.78. The van der Waals surface area contributed by atoms with E-state index in [4.69, 9.17) is 4.74 Å². The molecule has 0 fully saturated rings. The highest BCUT2D eigenvalue weighted by atomic mass is 16.5. The van der Waals surface area contributed by atoms with Crippen LogP contribution in [0.1, 0.15) is 10.5 Å². The Morgan fingerprint density at radius 2 is 2.33 bits per heavy atom. The summed E-state index contributed by atoms with van der Waals surface area (Å²) in [5, 5.41) is 14.3. The number of nitrogens with zero attached hydrogens (tertiary/aromatic N) is 5. The molecule has 18 heavy (non-hydrogen) atoms. The number of hydrogen-bond donors (Lipinski definition) is 1. The van der Waals surface area contributed by atoms with Crippen molar-refractivity contribution < 1.29 is 9.53 Å². The Labute approximate surface area is 103 Å². The Hall–Kier alpha value is -2.35. The fraction of sp³-hybridized carbons (Fsp3) is 0.300. The molecule has 0 unspecified atom stereocenters. The zero-order chi connectivity index (χ0) is 12.8.